The Kier molecular flexibility index (Phi) is 14.1. The number of rotatable bonds is 12. The number of carbonyl (C=O) groups is 5. The zero-order chi connectivity index (χ0) is 49.6. The molecule has 6 atom stereocenters. The van der Waals surface area contributed by atoms with E-state index in [1.165, 1.54) is 14.8 Å². The minimum absolute atomic E-state index is 0.00160. The first-order valence-corrected chi connectivity index (χ1v) is 25.3. The maximum atomic E-state index is 14.9. The number of hydrazine groups is 1. The van der Waals surface area contributed by atoms with Crippen LogP contribution in [0.5, 0.6) is 5.75 Å². The average molecular weight is 959 g/mol. The van der Waals surface area contributed by atoms with Crippen LogP contribution in [0.4, 0.5) is 0 Å². The Morgan fingerprint density at radius 3 is 2.51 bits per heavy atom. The van der Waals surface area contributed by atoms with E-state index in [1.807, 2.05) is 25.1 Å². The molecule has 4 aromatic rings. The highest BCUT2D eigenvalue weighted by atomic mass is 16.5. The summed E-state index contributed by atoms with van der Waals surface area (Å²) >= 11 is 0. The lowest BCUT2D eigenvalue weighted by Gasteiger charge is -2.37. The normalized spacial score (nSPS) is 23.6. The van der Waals surface area contributed by atoms with Crippen molar-refractivity contribution in [1.82, 2.24) is 40.4 Å². The summed E-state index contributed by atoms with van der Waals surface area (Å²) in [6, 6.07) is 12.6. The summed E-state index contributed by atoms with van der Waals surface area (Å²) in [5.74, 6) is -1.55. The molecule has 0 radical (unpaired) electrons. The fourth-order valence-electron chi connectivity index (χ4n) is 11.3. The third-order valence-corrected chi connectivity index (χ3v) is 15.4. The third-order valence-electron chi connectivity index (χ3n) is 15.4. The smallest absolute Gasteiger partial charge is 0.324 e. The number of aryl methyl sites for hydroxylation is 1. The first-order chi connectivity index (χ1) is 33.5. The van der Waals surface area contributed by atoms with Crippen LogP contribution in [0, 0.1) is 17.3 Å². The van der Waals surface area contributed by atoms with Gasteiger partial charge in [-0.05, 0) is 129 Å². The van der Waals surface area contributed by atoms with Gasteiger partial charge >= 0.3 is 5.97 Å². The minimum Gasteiger partial charge on any atom is -0.508 e. The molecule has 374 valence electrons. The molecular weight excluding hydrogens is 889 g/mol. The minimum atomic E-state index is -1.16. The summed E-state index contributed by atoms with van der Waals surface area (Å²) in [4.78, 5) is 78.8. The van der Waals surface area contributed by atoms with Crippen molar-refractivity contribution in [1.29, 1.82) is 0 Å². The molecule has 4 fully saturated rings. The number of aromatic hydroxyl groups is 1. The van der Waals surface area contributed by atoms with E-state index in [4.69, 9.17) is 14.5 Å². The number of likely N-dealkylation sites (N-methyl/N-ethyl adjacent to an activating group) is 2. The summed E-state index contributed by atoms with van der Waals surface area (Å²) in [6.07, 6.45) is 8.48. The topological polar surface area (TPSA) is 198 Å². The van der Waals surface area contributed by atoms with Crippen molar-refractivity contribution in [2.24, 2.45) is 17.3 Å². The Morgan fingerprint density at radius 2 is 1.79 bits per heavy atom. The molecule has 9 rings (SSSR count). The molecule has 16 nitrogen and oxygen atoms in total. The molecule has 0 spiro atoms. The number of carbonyl (C=O) groups excluding carboxylic acids is 5. The molecule has 5 aliphatic rings. The molecule has 1 unspecified atom stereocenters. The van der Waals surface area contributed by atoms with Crippen molar-refractivity contribution in [3.8, 4) is 28.1 Å². The van der Waals surface area contributed by atoms with Gasteiger partial charge in [0.1, 0.15) is 29.9 Å². The molecule has 2 saturated carbocycles. The highest BCUT2D eigenvalue weighted by Gasteiger charge is 2.52. The first-order valence-electron chi connectivity index (χ1n) is 25.3. The summed E-state index contributed by atoms with van der Waals surface area (Å²) < 4.78 is 14.3. The van der Waals surface area contributed by atoms with Gasteiger partial charge in [0.25, 0.3) is 5.91 Å². The predicted octanol–water partition coefficient (Wildman–Crippen LogP) is 5.68. The van der Waals surface area contributed by atoms with Gasteiger partial charge in [0.05, 0.1) is 30.6 Å². The largest absolute Gasteiger partial charge is 0.508 e. The van der Waals surface area contributed by atoms with Gasteiger partial charge in [-0.2, -0.15) is 0 Å². The number of phenolic OH excluding ortho intramolecular Hbond substituents is 1. The van der Waals surface area contributed by atoms with Crippen molar-refractivity contribution in [3.05, 3.63) is 71.5 Å². The van der Waals surface area contributed by atoms with Crippen LogP contribution in [0.3, 0.4) is 0 Å². The number of hydrogen-bond donors (Lipinski definition) is 4. The van der Waals surface area contributed by atoms with Crippen molar-refractivity contribution in [2.75, 3.05) is 40.9 Å². The number of aromatic nitrogens is 2. The van der Waals surface area contributed by atoms with Crippen LogP contribution in [0.15, 0.2) is 54.7 Å². The second kappa shape index (κ2) is 20.1. The fourth-order valence-corrected chi connectivity index (χ4v) is 11.3. The van der Waals surface area contributed by atoms with Crippen LogP contribution in [0.2, 0.25) is 0 Å². The number of methoxy groups -OCH3 is 1. The second-order valence-electron chi connectivity index (χ2n) is 21.2. The maximum absolute atomic E-state index is 14.9. The van der Waals surface area contributed by atoms with Crippen molar-refractivity contribution in [3.63, 3.8) is 0 Å². The molecule has 2 aromatic heterocycles. The molecule has 2 aliphatic carbocycles. The number of phenols is 1. The first kappa shape index (κ1) is 49.2. The van der Waals surface area contributed by atoms with Gasteiger partial charge in [-0.25, -0.2) is 5.43 Å². The number of esters is 1. The number of hydrogen-bond acceptors (Lipinski definition) is 11. The molecule has 6 bridgehead atoms. The van der Waals surface area contributed by atoms with Gasteiger partial charge in [0.15, 0.2) is 0 Å². The van der Waals surface area contributed by atoms with Crippen LogP contribution >= 0.6 is 0 Å². The van der Waals surface area contributed by atoms with Gasteiger partial charge < -0.3 is 34.3 Å². The van der Waals surface area contributed by atoms with Gasteiger partial charge in [0.2, 0.25) is 17.7 Å². The van der Waals surface area contributed by atoms with E-state index < -0.39 is 41.3 Å². The maximum Gasteiger partial charge on any atom is 0.324 e. The van der Waals surface area contributed by atoms with E-state index in [0.717, 1.165) is 83.1 Å². The summed E-state index contributed by atoms with van der Waals surface area (Å²) in [6.45, 7) is 9.14. The number of nitrogens with one attached hydrogen (secondary N) is 3. The molecule has 16 heteroatoms. The summed E-state index contributed by atoms with van der Waals surface area (Å²) in [5, 5.41) is 20.2. The quantitative estimate of drug-likeness (QED) is 0.101. The monoisotopic (exact) mass is 959 g/mol. The zero-order valence-corrected chi connectivity index (χ0v) is 41.8. The van der Waals surface area contributed by atoms with E-state index in [0.29, 0.717) is 37.3 Å². The van der Waals surface area contributed by atoms with E-state index in [9.17, 15) is 29.1 Å². The number of ether oxygens (including phenoxy) is 2. The number of fused-ring (bicyclic) bond motifs is 6. The molecule has 70 heavy (non-hydrogen) atoms. The fraction of sp³-hybridized carbons (Fsp3) is 0.556. The lowest BCUT2D eigenvalue weighted by atomic mass is 9.84. The Labute approximate surface area is 410 Å². The van der Waals surface area contributed by atoms with Crippen molar-refractivity contribution < 1.29 is 38.6 Å². The van der Waals surface area contributed by atoms with E-state index in [-0.39, 0.29) is 67.8 Å². The molecule has 4 amide bonds. The molecule has 2 aromatic carbocycles. The van der Waals surface area contributed by atoms with Gasteiger partial charge in [-0.1, -0.05) is 38.8 Å². The van der Waals surface area contributed by atoms with Gasteiger partial charge in [0, 0.05) is 74.8 Å². The van der Waals surface area contributed by atoms with Gasteiger partial charge in [-0.3, -0.25) is 39.3 Å². The van der Waals surface area contributed by atoms with Crippen LogP contribution < -0.4 is 16.1 Å². The van der Waals surface area contributed by atoms with Crippen LogP contribution in [0.1, 0.15) is 102 Å². The molecule has 3 aliphatic heterocycles. The SMILES string of the molecule is CCn1c(-c2cccnc2[C@H](C)OC)c2c3cc(ccc31)-c1cc(O)cc(c1)C[C@H](NC(=O)C(C1CCCC1)N(C)C(=O)CN(C)C(=O)[C@@H]1N[C@@H]1C1CC1)C(=O)N1CCC[C@H](N1)C(=O)OCC(C)(C)C2. The molecule has 5 heterocycles. The lowest BCUT2D eigenvalue weighted by Crippen LogP contribution is -2.62. The Bertz CT molecular complexity index is 2650. The van der Waals surface area contributed by atoms with E-state index >= 15 is 0 Å². The number of nitrogens with zero attached hydrogens (tertiary/aromatic N) is 5. The average Bonchev–Trinajstić information content (AvgIpc) is 4.27. The highest BCUT2D eigenvalue weighted by Crippen LogP contribution is 2.43. The van der Waals surface area contributed by atoms with E-state index in [2.05, 4.69) is 59.6 Å². The Morgan fingerprint density at radius 1 is 1.01 bits per heavy atom. The molecular formula is C54H70N8O8. The standard InChI is InChI=1S/C54H70N8O8/c1-8-61-43-20-19-35-27-39(43)40(49(61)38-15-11-21-55-45(38)31(2)69-7)28-54(3,4)30-70-53(68)41-16-12-22-62(58-41)51(66)42(25-32-23-36(35)26-37(63)24-32)56-50(65)48(34-13-9-10-14-34)60(6)44(64)29-59(5)52(67)47-46(57-47)33-17-18-33/h11,15,19-21,23-24,26-27,31,33-34,41-42,46-48,57-58,63H,8-10,12-14,16-18,22,25,28-30H2,1-7H3,(H,56,65)/t31-,41-,42-,46+,47+,48?/m0/s1. The number of cyclic esters (lactones) is 1. The Hall–Kier alpha value is -5.84. The zero-order valence-electron chi connectivity index (χ0n) is 41.8. The number of amides is 4. The Balaban J connectivity index is 1.08. The van der Waals surface area contributed by atoms with E-state index in [1.54, 1.807) is 39.5 Å². The van der Waals surface area contributed by atoms with Crippen LogP contribution in [0.25, 0.3) is 33.3 Å². The molecule has 4 N–H and O–H groups in total. The third kappa shape index (κ3) is 10.2. The molecule has 2 saturated heterocycles. The highest BCUT2D eigenvalue weighted by molar-refractivity contribution is 5.96. The summed E-state index contributed by atoms with van der Waals surface area (Å²) in [5.41, 5.74) is 9.62. The van der Waals surface area contributed by atoms with Crippen LogP contribution in [-0.4, -0.2) is 130 Å². The van der Waals surface area contributed by atoms with Crippen molar-refractivity contribution in [2.45, 2.75) is 135 Å². The van der Waals surface area contributed by atoms with Crippen LogP contribution in [-0.2, 0) is 52.8 Å². The predicted molar refractivity (Wildman–Crippen MR) is 265 cm³/mol. The lowest BCUT2D eigenvalue weighted by molar-refractivity contribution is -0.155. The second-order valence-corrected chi connectivity index (χ2v) is 21.2. The van der Waals surface area contributed by atoms with Crippen molar-refractivity contribution >= 4 is 40.5 Å². The number of benzene rings is 2. The number of pyridine rings is 1. The van der Waals surface area contributed by atoms with Gasteiger partial charge in [-0.15, -0.1) is 0 Å². The summed E-state index contributed by atoms with van der Waals surface area (Å²) in [7, 11) is 4.91.